The van der Waals surface area contributed by atoms with Crippen molar-refractivity contribution in [3.63, 3.8) is 0 Å². The van der Waals surface area contributed by atoms with Gasteiger partial charge in [-0.3, -0.25) is 9.59 Å². The van der Waals surface area contributed by atoms with Gasteiger partial charge in [-0.25, -0.2) is 0 Å². The van der Waals surface area contributed by atoms with Crippen molar-refractivity contribution in [2.24, 2.45) is 0 Å². The summed E-state index contributed by atoms with van der Waals surface area (Å²) in [5.41, 5.74) is 3.83. The molecule has 0 aromatic heterocycles. The Morgan fingerprint density at radius 3 is 2.48 bits per heavy atom. The van der Waals surface area contributed by atoms with Crippen LogP contribution in [0, 0.1) is 13.8 Å². The summed E-state index contributed by atoms with van der Waals surface area (Å²) >= 11 is 0. The van der Waals surface area contributed by atoms with Crippen LogP contribution in [-0.2, 0) is 9.59 Å². The number of hydrogen-bond acceptors (Lipinski definition) is 3. The normalized spacial score (nSPS) is 14.7. The molecule has 5 nitrogen and oxygen atoms in total. The summed E-state index contributed by atoms with van der Waals surface area (Å²) in [5.74, 6) is -0.243. The molecular formula is C18H27N3O2. The van der Waals surface area contributed by atoms with Gasteiger partial charge in [0, 0.05) is 38.4 Å². The number of nitrogens with one attached hydrogen (secondary N) is 1. The highest BCUT2D eigenvalue weighted by Gasteiger charge is 2.23. The molecule has 2 amide bonds. The largest absolute Gasteiger partial charge is 0.368 e. The summed E-state index contributed by atoms with van der Waals surface area (Å²) in [5, 5.41) is 2.75. The lowest BCUT2D eigenvalue weighted by Gasteiger charge is -2.37. The van der Waals surface area contributed by atoms with Crippen molar-refractivity contribution in [1.82, 2.24) is 10.2 Å². The van der Waals surface area contributed by atoms with E-state index >= 15 is 0 Å². The SMILES string of the molecule is CCCNC(=O)CC(=O)N1CCN(c2cccc(C)c2C)CC1. The van der Waals surface area contributed by atoms with Crippen LogP contribution in [-0.4, -0.2) is 49.4 Å². The zero-order valence-electron chi connectivity index (χ0n) is 14.4. The number of hydrogen-bond donors (Lipinski definition) is 1. The monoisotopic (exact) mass is 317 g/mol. The summed E-state index contributed by atoms with van der Waals surface area (Å²) in [6.45, 7) is 9.86. The van der Waals surface area contributed by atoms with E-state index in [1.54, 1.807) is 4.90 Å². The predicted octanol–water partition coefficient (Wildman–Crippen LogP) is 1.87. The first-order valence-corrected chi connectivity index (χ1v) is 8.38. The van der Waals surface area contributed by atoms with Gasteiger partial charge in [0.1, 0.15) is 6.42 Å². The summed E-state index contributed by atoms with van der Waals surface area (Å²) in [6.07, 6.45) is 0.845. The fourth-order valence-corrected chi connectivity index (χ4v) is 2.85. The van der Waals surface area contributed by atoms with E-state index in [4.69, 9.17) is 0 Å². The molecule has 1 aliphatic heterocycles. The fraction of sp³-hybridized carbons (Fsp3) is 0.556. The Morgan fingerprint density at radius 1 is 1.13 bits per heavy atom. The van der Waals surface area contributed by atoms with Crippen molar-refractivity contribution in [2.45, 2.75) is 33.6 Å². The first-order valence-electron chi connectivity index (χ1n) is 8.38. The Bertz CT molecular complexity index is 563. The maximum Gasteiger partial charge on any atom is 0.232 e. The number of piperazine rings is 1. The Balaban J connectivity index is 1.87. The fourth-order valence-electron chi connectivity index (χ4n) is 2.85. The summed E-state index contributed by atoms with van der Waals surface area (Å²) in [4.78, 5) is 28.0. The van der Waals surface area contributed by atoms with E-state index < -0.39 is 0 Å². The van der Waals surface area contributed by atoms with E-state index in [2.05, 4.69) is 42.3 Å². The second-order valence-electron chi connectivity index (χ2n) is 6.11. The molecule has 0 bridgehead atoms. The molecule has 0 radical (unpaired) electrons. The first-order chi connectivity index (χ1) is 11.0. The van der Waals surface area contributed by atoms with Gasteiger partial charge in [-0.2, -0.15) is 0 Å². The average Bonchev–Trinajstić information content (AvgIpc) is 2.55. The molecular weight excluding hydrogens is 290 g/mol. The van der Waals surface area contributed by atoms with Gasteiger partial charge in [-0.1, -0.05) is 19.1 Å². The lowest BCUT2D eigenvalue weighted by atomic mass is 10.1. The maximum atomic E-state index is 12.2. The van der Waals surface area contributed by atoms with Crippen LogP contribution in [0.2, 0.25) is 0 Å². The van der Waals surface area contributed by atoms with Crippen LogP contribution in [0.3, 0.4) is 0 Å². The maximum absolute atomic E-state index is 12.2. The van der Waals surface area contributed by atoms with Gasteiger partial charge in [0.15, 0.2) is 0 Å². The van der Waals surface area contributed by atoms with E-state index in [0.717, 1.165) is 19.5 Å². The molecule has 1 aliphatic rings. The van der Waals surface area contributed by atoms with Crippen LogP contribution >= 0.6 is 0 Å². The van der Waals surface area contributed by atoms with Crippen molar-refractivity contribution in [3.05, 3.63) is 29.3 Å². The molecule has 1 saturated heterocycles. The molecule has 0 unspecified atom stereocenters. The van der Waals surface area contributed by atoms with Gasteiger partial charge in [0.05, 0.1) is 0 Å². The number of rotatable bonds is 5. The number of nitrogens with zero attached hydrogens (tertiary/aromatic N) is 2. The second-order valence-corrected chi connectivity index (χ2v) is 6.11. The molecule has 1 aromatic rings. The minimum Gasteiger partial charge on any atom is -0.368 e. The van der Waals surface area contributed by atoms with Crippen molar-refractivity contribution in [2.75, 3.05) is 37.6 Å². The van der Waals surface area contributed by atoms with Gasteiger partial charge in [0.2, 0.25) is 11.8 Å². The third-order valence-corrected chi connectivity index (χ3v) is 4.43. The van der Waals surface area contributed by atoms with Gasteiger partial charge in [-0.05, 0) is 37.5 Å². The van der Waals surface area contributed by atoms with E-state index in [9.17, 15) is 9.59 Å². The number of aryl methyl sites for hydroxylation is 1. The number of amides is 2. The lowest BCUT2D eigenvalue weighted by molar-refractivity contribution is -0.136. The third kappa shape index (κ3) is 4.47. The molecule has 23 heavy (non-hydrogen) atoms. The molecule has 1 aromatic carbocycles. The predicted molar refractivity (Wildman–Crippen MR) is 92.6 cm³/mol. The topological polar surface area (TPSA) is 52.7 Å². The zero-order chi connectivity index (χ0) is 16.8. The van der Waals surface area contributed by atoms with E-state index in [1.807, 2.05) is 6.92 Å². The number of benzene rings is 1. The van der Waals surface area contributed by atoms with E-state index in [-0.39, 0.29) is 18.2 Å². The molecule has 126 valence electrons. The highest BCUT2D eigenvalue weighted by Crippen LogP contribution is 2.23. The third-order valence-electron chi connectivity index (χ3n) is 4.43. The Hall–Kier alpha value is -2.04. The standard InChI is InChI=1S/C18H27N3O2/c1-4-8-19-17(22)13-18(23)21-11-9-20(10-12-21)16-7-5-6-14(2)15(16)3/h5-7H,4,8-13H2,1-3H3,(H,19,22). The molecule has 2 rings (SSSR count). The van der Waals surface area contributed by atoms with E-state index in [1.165, 1.54) is 16.8 Å². The second kappa shape index (κ2) is 7.99. The van der Waals surface area contributed by atoms with Crippen molar-refractivity contribution >= 4 is 17.5 Å². The number of carbonyl (C=O) groups excluding carboxylic acids is 2. The average molecular weight is 317 g/mol. The minimum atomic E-state index is -0.172. The molecule has 0 spiro atoms. The first kappa shape index (κ1) is 17.3. The quantitative estimate of drug-likeness (QED) is 0.844. The molecule has 0 saturated carbocycles. The van der Waals surface area contributed by atoms with Gasteiger partial charge in [0.25, 0.3) is 0 Å². The van der Waals surface area contributed by atoms with Gasteiger partial charge < -0.3 is 15.1 Å². The number of anilines is 1. The highest BCUT2D eigenvalue weighted by atomic mass is 16.2. The van der Waals surface area contributed by atoms with Crippen LogP contribution in [0.25, 0.3) is 0 Å². The van der Waals surface area contributed by atoms with Crippen LogP contribution in [0.1, 0.15) is 30.9 Å². The highest BCUT2D eigenvalue weighted by molar-refractivity contribution is 5.96. The van der Waals surface area contributed by atoms with Crippen LogP contribution in [0.15, 0.2) is 18.2 Å². The summed E-state index contributed by atoms with van der Waals surface area (Å²) < 4.78 is 0. The molecule has 5 heteroatoms. The lowest BCUT2D eigenvalue weighted by Crippen LogP contribution is -2.49. The smallest absolute Gasteiger partial charge is 0.232 e. The Kier molecular flexibility index (Phi) is 6.02. The molecule has 1 fully saturated rings. The zero-order valence-corrected chi connectivity index (χ0v) is 14.4. The molecule has 0 aliphatic carbocycles. The Labute approximate surface area is 138 Å². The molecule has 0 atom stereocenters. The number of carbonyl (C=O) groups is 2. The van der Waals surface area contributed by atoms with Gasteiger partial charge in [-0.15, -0.1) is 0 Å². The van der Waals surface area contributed by atoms with Gasteiger partial charge >= 0.3 is 0 Å². The molecule has 1 N–H and O–H groups in total. The van der Waals surface area contributed by atoms with Crippen molar-refractivity contribution in [3.8, 4) is 0 Å². The van der Waals surface area contributed by atoms with Crippen LogP contribution < -0.4 is 10.2 Å². The van der Waals surface area contributed by atoms with Crippen LogP contribution in [0.4, 0.5) is 5.69 Å². The van der Waals surface area contributed by atoms with Crippen molar-refractivity contribution < 1.29 is 9.59 Å². The summed E-state index contributed by atoms with van der Waals surface area (Å²) in [6, 6.07) is 6.33. The van der Waals surface area contributed by atoms with Crippen LogP contribution in [0.5, 0.6) is 0 Å². The van der Waals surface area contributed by atoms with E-state index in [0.29, 0.717) is 19.6 Å². The summed E-state index contributed by atoms with van der Waals surface area (Å²) in [7, 11) is 0. The molecule has 1 heterocycles. The minimum absolute atomic E-state index is 0.0382. The Morgan fingerprint density at radius 2 is 1.83 bits per heavy atom. The van der Waals surface area contributed by atoms with Crippen molar-refractivity contribution in [1.29, 1.82) is 0 Å².